The molecule has 0 aliphatic heterocycles. The summed E-state index contributed by atoms with van der Waals surface area (Å²) in [4.78, 5) is 0. The van der Waals surface area contributed by atoms with Crippen LogP contribution in [0.15, 0.2) is 0 Å². The van der Waals surface area contributed by atoms with Crippen LogP contribution in [-0.2, 0) is 10.1 Å². The number of aliphatic hydroxyl groups excluding tert-OH is 1. The molecule has 2 unspecified atom stereocenters. The van der Waals surface area contributed by atoms with Crippen molar-refractivity contribution >= 4 is 10.1 Å². The van der Waals surface area contributed by atoms with Crippen LogP contribution in [0.4, 0.5) is 0 Å². The molecule has 4 nitrogen and oxygen atoms in total. The van der Waals surface area contributed by atoms with Crippen LogP contribution in [0.1, 0.15) is 142 Å². The van der Waals surface area contributed by atoms with E-state index in [-0.39, 0.29) is 35.7 Å². The summed E-state index contributed by atoms with van der Waals surface area (Å²) in [5, 5.41) is 9.14. The van der Waals surface area contributed by atoms with Gasteiger partial charge in [0.2, 0.25) is 0 Å². The molecule has 6 heteroatoms. The van der Waals surface area contributed by atoms with E-state index in [9.17, 15) is 18.1 Å². The average Bonchev–Trinajstić information content (AvgIpc) is 2.67. The Labute approximate surface area is 210 Å². The number of hydrogen-bond donors (Lipinski definition) is 1. The second-order valence-electron chi connectivity index (χ2n) is 8.87. The topological polar surface area (TPSA) is 77.4 Å². The largest absolute Gasteiger partial charge is 1.00 e. The Morgan fingerprint density at radius 2 is 0.967 bits per heavy atom. The zero-order valence-corrected chi connectivity index (χ0v) is 23.2. The Hall–Kier alpha value is 0.870. The Balaban J connectivity index is 0. The molecule has 0 bridgehead atoms. The fraction of sp³-hybridized carbons (Fsp3) is 1.00. The molecule has 0 fully saturated rings. The van der Waals surface area contributed by atoms with Crippen molar-refractivity contribution in [1.29, 1.82) is 0 Å². The summed E-state index contributed by atoms with van der Waals surface area (Å²) in [5.41, 5.74) is 0. The van der Waals surface area contributed by atoms with Crippen molar-refractivity contribution in [3.05, 3.63) is 0 Å². The van der Waals surface area contributed by atoms with Crippen LogP contribution < -0.4 is 29.6 Å². The molecule has 0 aliphatic carbocycles. The third-order valence-electron chi connectivity index (χ3n) is 5.97. The molecule has 0 saturated heterocycles. The van der Waals surface area contributed by atoms with Crippen LogP contribution in [0.25, 0.3) is 0 Å². The molecule has 2 atom stereocenters. The first-order valence-corrected chi connectivity index (χ1v) is 14.0. The van der Waals surface area contributed by atoms with Crippen LogP contribution in [0.2, 0.25) is 0 Å². The Morgan fingerprint density at radius 3 is 1.33 bits per heavy atom. The molecule has 0 aromatic carbocycles. The number of unbranched alkanes of at least 4 members (excludes halogenated alkanes) is 13. The van der Waals surface area contributed by atoms with Gasteiger partial charge >= 0.3 is 29.6 Å². The molecule has 0 aromatic rings. The van der Waals surface area contributed by atoms with Gasteiger partial charge in [-0.15, -0.1) is 0 Å². The van der Waals surface area contributed by atoms with Crippen molar-refractivity contribution in [1.82, 2.24) is 0 Å². The predicted molar refractivity (Wildman–Crippen MR) is 123 cm³/mol. The molecular weight excluding hydrogens is 407 g/mol. The smallest absolute Gasteiger partial charge is 0.748 e. The van der Waals surface area contributed by atoms with E-state index in [0.717, 1.165) is 44.9 Å². The summed E-state index contributed by atoms with van der Waals surface area (Å²) in [7, 11) is -4.11. The Bertz CT molecular complexity index is 442. The van der Waals surface area contributed by atoms with Gasteiger partial charge in [0.25, 0.3) is 0 Å². The first-order chi connectivity index (χ1) is 13.9. The van der Waals surface area contributed by atoms with E-state index in [4.69, 9.17) is 0 Å². The molecule has 0 aliphatic rings. The van der Waals surface area contributed by atoms with Crippen molar-refractivity contribution < 1.29 is 47.6 Å². The van der Waals surface area contributed by atoms with Crippen molar-refractivity contribution in [3.8, 4) is 0 Å². The van der Waals surface area contributed by atoms with E-state index in [1.807, 2.05) is 6.92 Å². The van der Waals surface area contributed by atoms with Crippen molar-refractivity contribution in [3.63, 3.8) is 0 Å². The summed E-state index contributed by atoms with van der Waals surface area (Å²) in [6.45, 7) is 4.10. The first kappa shape index (κ1) is 33.0. The van der Waals surface area contributed by atoms with Gasteiger partial charge in [0, 0.05) is 5.25 Å². The molecule has 0 spiro atoms. The monoisotopic (exact) mass is 456 g/mol. The van der Waals surface area contributed by atoms with E-state index >= 15 is 0 Å². The van der Waals surface area contributed by atoms with Crippen molar-refractivity contribution in [2.75, 3.05) is 0 Å². The number of hydrogen-bond acceptors (Lipinski definition) is 4. The van der Waals surface area contributed by atoms with Gasteiger partial charge in [-0.25, -0.2) is 8.42 Å². The summed E-state index contributed by atoms with van der Waals surface area (Å²) in [6.07, 6.45) is 21.9. The third-order valence-corrected chi connectivity index (χ3v) is 7.26. The van der Waals surface area contributed by atoms with Gasteiger partial charge in [-0.1, -0.05) is 117 Å². The maximum atomic E-state index is 11.2. The summed E-state index contributed by atoms with van der Waals surface area (Å²) < 4.78 is 33.5. The fourth-order valence-electron chi connectivity index (χ4n) is 4.04. The second-order valence-corrected chi connectivity index (χ2v) is 10.5. The van der Waals surface area contributed by atoms with Gasteiger partial charge in [-0.2, -0.15) is 0 Å². The molecular formula is C24H49NaO4S. The summed E-state index contributed by atoms with van der Waals surface area (Å²) in [5.74, 6) is 0. The molecule has 0 aromatic heterocycles. The third kappa shape index (κ3) is 22.1. The van der Waals surface area contributed by atoms with E-state index in [1.165, 1.54) is 70.6 Å². The van der Waals surface area contributed by atoms with Crippen molar-refractivity contribution in [2.45, 2.75) is 154 Å². The Kier molecular flexibility index (Phi) is 25.4. The van der Waals surface area contributed by atoms with Crippen LogP contribution >= 0.6 is 0 Å². The molecule has 0 amide bonds. The zero-order valence-electron chi connectivity index (χ0n) is 20.4. The van der Waals surface area contributed by atoms with E-state index < -0.39 is 15.4 Å². The molecule has 0 rings (SSSR count). The maximum absolute atomic E-state index is 11.2. The molecule has 0 saturated carbocycles. The molecule has 1 N–H and O–H groups in total. The fourth-order valence-corrected chi connectivity index (χ4v) is 5.02. The van der Waals surface area contributed by atoms with Crippen LogP contribution in [0, 0.1) is 0 Å². The van der Waals surface area contributed by atoms with Gasteiger partial charge in [-0.05, 0) is 25.7 Å². The molecule has 176 valence electrons. The Morgan fingerprint density at radius 1 is 0.600 bits per heavy atom. The predicted octanol–water partition coefficient (Wildman–Crippen LogP) is 4.11. The van der Waals surface area contributed by atoms with Gasteiger partial charge < -0.3 is 9.66 Å². The minimum atomic E-state index is -4.11. The first-order valence-electron chi connectivity index (χ1n) is 12.5. The quantitative estimate of drug-likeness (QED) is 0.151. The maximum Gasteiger partial charge on any atom is 1.00 e. The van der Waals surface area contributed by atoms with Crippen LogP contribution in [-0.4, -0.2) is 29.4 Å². The second kappa shape index (κ2) is 23.0. The van der Waals surface area contributed by atoms with Gasteiger partial charge in [0.15, 0.2) is 0 Å². The zero-order chi connectivity index (χ0) is 21.8. The van der Waals surface area contributed by atoms with E-state index in [1.54, 1.807) is 0 Å². The molecule has 0 radical (unpaired) electrons. The molecule has 30 heavy (non-hydrogen) atoms. The normalized spacial score (nSPS) is 13.7. The standard InChI is InChI=1S/C24H50O4S.Na/c1-3-5-20-23(25)21-17-15-13-11-9-7-6-8-10-12-14-16-18-22-24(19-4-2)29(26,27)28;/h23-25H,3-22H2,1-2H3,(H,26,27,28);/q;+1/p-1. The van der Waals surface area contributed by atoms with E-state index in [2.05, 4.69) is 6.92 Å². The van der Waals surface area contributed by atoms with Gasteiger partial charge in [0.05, 0.1) is 16.2 Å². The SMILES string of the molecule is CCCCC(O)CCCCCCCCCCCCCCCC(CCC)S(=O)(=O)[O-].[Na+]. The summed E-state index contributed by atoms with van der Waals surface area (Å²) in [6, 6.07) is 0. The summed E-state index contributed by atoms with van der Waals surface area (Å²) >= 11 is 0. The van der Waals surface area contributed by atoms with Gasteiger partial charge in [0.1, 0.15) is 0 Å². The molecule has 0 heterocycles. The minimum absolute atomic E-state index is 0. The minimum Gasteiger partial charge on any atom is -0.748 e. The van der Waals surface area contributed by atoms with Crippen LogP contribution in [0.3, 0.4) is 0 Å². The van der Waals surface area contributed by atoms with Gasteiger partial charge in [-0.3, -0.25) is 0 Å². The number of rotatable bonds is 22. The van der Waals surface area contributed by atoms with Crippen molar-refractivity contribution in [2.24, 2.45) is 0 Å². The van der Waals surface area contributed by atoms with E-state index in [0.29, 0.717) is 12.8 Å². The number of aliphatic hydroxyl groups is 1. The average molecular weight is 457 g/mol. The van der Waals surface area contributed by atoms with Crippen LogP contribution in [0.5, 0.6) is 0 Å².